The number of rotatable bonds is 3. The summed E-state index contributed by atoms with van der Waals surface area (Å²) in [6.07, 6.45) is 0. The molecule has 0 spiro atoms. The third-order valence-corrected chi connectivity index (χ3v) is 3.74. The number of hydrogen-bond acceptors (Lipinski definition) is 2. The van der Waals surface area contributed by atoms with E-state index in [1.165, 1.54) is 0 Å². The highest BCUT2D eigenvalue weighted by atomic mass is 35.5. The Hall–Kier alpha value is -2.78. The third kappa shape index (κ3) is 3.35. The van der Waals surface area contributed by atoms with Gasteiger partial charge in [0.2, 0.25) is 0 Å². The van der Waals surface area contributed by atoms with E-state index in [0.717, 1.165) is 11.1 Å². The molecule has 0 fully saturated rings. The number of nitrogens with one attached hydrogen (secondary N) is 1. The first-order valence-corrected chi connectivity index (χ1v) is 7.47. The molecule has 23 heavy (non-hydrogen) atoms. The maximum Gasteiger partial charge on any atom is 0.255 e. The third-order valence-electron chi connectivity index (χ3n) is 3.45. The van der Waals surface area contributed by atoms with Crippen LogP contribution in [-0.4, -0.2) is 11.0 Å². The summed E-state index contributed by atoms with van der Waals surface area (Å²) in [4.78, 5) is 12.3. The molecular formula is C19H14ClNO2. The summed E-state index contributed by atoms with van der Waals surface area (Å²) in [7, 11) is 0. The van der Waals surface area contributed by atoms with Crippen molar-refractivity contribution in [1.82, 2.24) is 0 Å². The number of hydrogen-bond donors (Lipinski definition) is 2. The van der Waals surface area contributed by atoms with Crippen LogP contribution in [0.2, 0.25) is 5.02 Å². The second-order valence-electron chi connectivity index (χ2n) is 5.04. The van der Waals surface area contributed by atoms with Crippen LogP contribution in [0.3, 0.4) is 0 Å². The van der Waals surface area contributed by atoms with Gasteiger partial charge in [0.1, 0.15) is 0 Å². The molecular weight excluding hydrogens is 310 g/mol. The van der Waals surface area contributed by atoms with Crippen molar-refractivity contribution in [3.8, 4) is 16.9 Å². The second kappa shape index (κ2) is 6.55. The van der Waals surface area contributed by atoms with E-state index in [9.17, 15) is 9.90 Å². The summed E-state index contributed by atoms with van der Waals surface area (Å²) in [5, 5.41) is 13.0. The van der Waals surface area contributed by atoms with Crippen molar-refractivity contribution in [3.63, 3.8) is 0 Å². The molecule has 0 radical (unpaired) electrons. The summed E-state index contributed by atoms with van der Waals surface area (Å²) >= 11 is 6.10. The van der Waals surface area contributed by atoms with Gasteiger partial charge in [0.25, 0.3) is 5.91 Å². The molecule has 0 atom stereocenters. The largest absolute Gasteiger partial charge is 0.504 e. The average Bonchev–Trinajstić information content (AvgIpc) is 2.60. The number of anilines is 1. The van der Waals surface area contributed by atoms with Crippen LogP contribution in [-0.2, 0) is 0 Å². The molecule has 0 aliphatic rings. The zero-order chi connectivity index (χ0) is 16.2. The van der Waals surface area contributed by atoms with Crippen molar-refractivity contribution >= 4 is 23.2 Å². The molecule has 0 heterocycles. The van der Waals surface area contributed by atoms with Crippen molar-refractivity contribution in [2.45, 2.75) is 0 Å². The molecule has 2 N–H and O–H groups in total. The summed E-state index contributed by atoms with van der Waals surface area (Å²) in [5.74, 6) is -0.446. The van der Waals surface area contributed by atoms with Crippen LogP contribution in [0.4, 0.5) is 5.69 Å². The first-order valence-electron chi connectivity index (χ1n) is 7.09. The van der Waals surface area contributed by atoms with E-state index < -0.39 is 0 Å². The van der Waals surface area contributed by atoms with E-state index >= 15 is 0 Å². The van der Waals surface area contributed by atoms with E-state index in [2.05, 4.69) is 5.32 Å². The van der Waals surface area contributed by atoms with Crippen molar-refractivity contribution in [1.29, 1.82) is 0 Å². The minimum atomic E-state index is -0.304. The van der Waals surface area contributed by atoms with Gasteiger partial charge in [-0.05, 0) is 35.4 Å². The lowest BCUT2D eigenvalue weighted by Gasteiger charge is -2.11. The molecule has 0 aliphatic heterocycles. The molecule has 0 bridgehead atoms. The van der Waals surface area contributed by atoms with Crippen LogP contribution in [0.15, 0.2) is 72.8 Å². The Bertz CT molecular complexity index is 833. The maximum absolute atomic E-state index is 12.3. The molecule has 0 saturated carbocycles. The number of amides is 1. The molecule has 1 amide bonds. The fraction of sp³-hybridized carbons (Fsp3) is 0. The summed E-state index contributed by atoms with van der Waals surface area (Å²) in [5.41, 5.74) is 2.56. The van der Waals surface area contributed by atoms with Crippen LogP contribution in [0.5, 0.6) is 5.75 Å². The second-order valence-corrected chi connectivity index (χ2v) is 5.45. The van der Waals surface area contributed by atoms with Crippen molar-refractivity contribution in [2.24, 2.45) is 0 Å². The lowest BCUT2D eigenvalue weighted by Crippen LogP contribution is -2.11. The Morgan fingerprint density at radius 3 is 2.13 bits per heavy atom. The van der Waals surface area contributed by atoms with Gasteiger partial charge < -0.3 is 10.4 Å². The van der Waals surface area contributed by atoms with Crippen LogP contribution in [0, 0.1) is 0 Å². The van der Waals surface area contributed by atoms with E-state index in [4.69, 9.17) is 11.6 Å². The summed E-state index contributed by atoms with van der Waals surface area (Å²) < 4.78 is 0. The fourth-order valence-corrected chi connectivity index (χ4v) is 2.49. The molecule has 3 aromatic carbocycles. The summed E-state index contributed by atoms with van der Waals surface area (Å²) in [6.45, 7) is 0. The normalized spacial score (nSPS) is 10.3. The monoisotopic (exact) mass is 323 g/mol. The van der Waals surface area contributed by atoms with Crippen molar-refractivity contribution < 1.29 is 9.90 Å². The average molecular weight is 324 g/mol. The predicted molar refractivity (Wildman–Crippen MR) is 92.9 cm³/mol. The lowest BCUT2D eigenvalue weighted by atomic mass is 10.0. The number of carbonyl (C=O) groups is 1. The SMILES string of the molecule is O=C(Nc1cc(-c2ccccc2)cc(Cl)c1O)c1ccccc1. The zero-order valence-electron chi connectivity index (χ0n) is 12.2. The van der Waals surface area contributed by atoms with Gasteiger partial charge in [-0.25, -0.2) is 0 Å². The first-order chi connectivity index (χ1) is 11.1. The molecule has 3 aromatic rings. The van der Waals surface area contributed by atoms with Gasteiger partial charge in [0, 0.05) is 5.56 Å². The highest BCUT2D eigenvalue weighted by Gasteiger charge is 2.13. The van der Waals surface area contributed by atoms with Crippen molar-refractivity contribution in [2.75, 3.05) is 5.32 Å². The fourth-order valence-electron chi connectivity index (χ4n) is 2.28. The maximum atomic E-state index is 12.3. The molecule has 0 unspecified atom stereocenters. The zero-order valence-corrected chi connectivity index (χ0v) is 12.9. The Labute approximate surface area is 139 Å². The highest BCUT2D eigenvalue weighted by Crippen LogP contribution is 2.37. The predicted octanol–water partition coefficient (Wildman–Crippen LogP) is 4.96. The highest BCUT2D eigenvalue weighted by molar-refractivity contribution is 6.33. The standard InChI is InChI=1S/C19H14ClNO2/c20-16-11-15(13-7-3-1-4-8-13)12-17(18(16)22)21-19(23)14-9-5-2-6-10-14/h1-12,22H,(H,21,23). The Morgan fingerprint density at radius 2 is 1.48 bits per heavy atom. The van der Waals surface area contributed by atoms with E-state index in [0.29, 0.717) is 5.56 Å². The topological polar surface area (TPSA) is 49.3 Å². The molecule has 0 saturated heterocycles. The van der Waals surface area contributed by atoms with E-state index in [1.807, 2.05) is 36.4 Å². The number of phenolic OH excluding ortho intramolecular Hbond substituents is 1. The lowest BCUT2D eigenvalue weighted by molar-refractivity contribution is 0.102. The van der Waals surface area contributed by atoms with Crippen LogP contribution in [0.25, 0.3) is 11.1 Å². The van der Waals surface area contributed by atoms with E-state index in [1.54, 1.807) is 36.4 Å². The van der Waals surface area contributed by atoms with Gasteiger partial charge in [-0.3, -0.25) is 4.79 Å². The number of aromatic hydroxyl groups is 1. The minimum Gasteiger partial charge on any atom is -0.504 e. The number of benzene rings is 3. The molecule has 4 heteroatoms. The van der Waals surface area contributed by atoms with Gasteiger partial charge in [0.05, 0.1) is 10.7 Å². The first kappa shape index (κ1) is 15.1. The Morgan fingerprint density at radius 1 is 0.870 bits per heavy atom. The van der Waals surface area contributed by atoms with Gasteiger partial charge in [-0.15, -0.1) is 0 Å². The quantitative estimate of drug-likeness (QED) is 0.669. The number of halogens is 1. The smallest absolute Gasteiger partial charge is 0.255 e. The molecule has 0 aliphatic carbocycles. The van der Waals surface area contributed by atoms with E-state index in [-0.39, 0.29) is 22.4 Å². The molecule has 0 aromatic heterocycles. The Balaban J connectivity index is 1.96. The van der Waals surface area contributed by atoms with Gasteiger partial charge in [-0.2, -0.15) is 0 Å². The minimum absolute atomic E-state index is 0.143. The number of phenols is 1. The van der Waals surface area contributed by atoms with Gasteiger partial charge in [-0.1, -0.05) is 60.1 Å². The van der Waals surface area contributed by atoms with Crippen LogP contribution in [0.1, 0.15) is 10.4 Å². The van der Waals surface area contributed by atoms with Crippen molar-refractivity contribution in [3.05, 3.63) is 83.4 Å². The summed E-state index contributed by atoms with van der Waals surface area (Å²) in [6, 6.07) is 21.8. The molecule has 3 nitrogen and oxygen atoms in total. The van der Waals surface area contributed by atoms with Crippen LogP contribution >= 0.6 is 11.6 Å². The van der Waals surface area contributed by atoms with Gasteiger partial charge >= 0.3 is 0 Å². The molecule has 3 rings (SSSR count). The van der Waals surface area contributed by atoms with Gasteiger partial charge in [0.15, 0.2) is 5.75 Å². The van der Waals surface area contributed by atoms with Crippen LogP contribution < -0.4 is 5.32 Å². The Kier molecular flexibility index (Phi) is 4.31. The number of carbonyl (C=O) groups excluding carboxylic acids is 1. The molecule has 114 valence electrons.